The summed E-state index contributed by atoms with van der Waals surface area (Å²) in [5.74, 6) is -0.119. The lowest BCUT2D eigenvalue weighted by atomic mass is 10.0. The van der Waals surface area contributed by atoms with E-state index in [0.29, 0.717) is 24.3 Å². The van der Waals surface area contributed by atoms with Crippen LogP contribution in [0.1, 0.15) is 5.56 Å². The molecule has 1 aromatic carbocycles. The molecule has 1 saturated heterocycles. The third-order valence-electron chi connectivity index (χ3n) is 3.37. The van der Waals surface area contributed by atoms with Gasteiger partial charge in [-0.3, -0.25) is 4.79 Å². The number of carbonyl (C=O) groups excluding carboxylic acids is 1. The van der Waals surface area contributed by atoms with Crippen LogP contribution in [0.5, 0.6) is 0 Å². The van der Waals surface area contributed by atoms with Gasteiger partial charge >= 0.3 is 0 Å². The predicted octanol–water partition coefficient (Wildman–Crippen LogP) is 0.403. The van der Waals surface area contributed by atoms with Crippen LogP contribution < -0.4 is 10.6 Å². The first-order valence-corrected chi connectivity index (χ1v) is 7.81. The molecule has 110 valence electrons. The monoisotopic (exact) mass is 297 g/mol. The molecule has 0 radical (unpaired) electrons. The minimum Gasteiger partial charge on any atom is -0.326 e. The molecule has 0 spiro atoms. The number of benzene rings is 1. The number of hydrogen-bond acceptors (Lipinski definition) is 4. The topological polar surface area (TPSA) is 78.5 Å². The highest BCUT2D eigenvalue weighted by molar-refractivity contribution is 7.89. The first kappa shape index (κ1) is 15.0. The van der Waals surface area contributed by atoms with E-state index in [1.165, 1.54) is 20.2 Å². The van der Waals surface area contributed by atoms with Crippen molar-refractivity contribution in [1.29, 1.82) is 0 Å². The normalized spacial score (nSPS) is 16.0. The molecule has 0 bridgehead atoms. The number of nitrogens with zero attached hydrogens (tertiary/aromatic N) is 1. The van der Waals surface area contributed by atoms with Gasteiger partial charge in [0.2, 0.25) is 15.9 Å². The summed E-state index contributed by atoms with van der Waals surface area (Å²) in [6.07, 6.45) is 0. The Morgan fingerprint density at radius 3 is 2.50 bits per heavy atom. The van der Waals surface area contributed by atoms with Gasteiger partial charge in [-0.2, -0.15) is 0 Å². The molecule has 0 aliphatic carbocycles. The molecule has 1 fully saturated rings. The summed E-state index contributed by atoms with van der Waals surface area (Å²) in [6.45, 7) is 3.07. The number of rotatable bonds is 4. The van der Waals surface area contributed by atoms with Gasteiger partial charge in [0.15, 0.2) is 0 Å². The highest BCUT2D eigenvalue weighted by Crippen LogP contribution is 2.23. The first-order chi connectivity index (χ1) is 9.32. The number of nitrogens with one attached hydrogen (secondary N) is 2. The van der Waals surface area contributed by atoms with Crippen molar-refractivity contribution in [2.45, 2.75) is 11.8 Å². The smallest absolute Gasteiger partial charge is 0.242 e. The van der Waals surface area contributed by atoms with E-state index < -0.39 is 10.0 Å². The van der Waals surface area contributed by atoms with E-state index in [4.69, 9.17) is 0 Å². The Bertz CT molecular complexity index is 622. The van der Waals surface area contributed by atoms with Crippen LogP contribution in [-0.2, 0) is 14.8 Å². The Morgan fingerprint density at radius 2 is 2.00 bits per heavy atom. The Balaban J connectivity index is 2.27. The van der Waals surface area contributed by atoms with Crippen LogP contribution in [0.2, 0.25) is 0 Å². The maximum atomic E-state index is 12.2. The van der Waals surface area contributed by atoms with Crippen molar-refractivity contribution in [3.05, 3.63) is 23.8 Å². The average Bonchev–Trinajstić information content (AvgIpc) is 2.28. The molecule has 0 atom stereocenters. The highest BCUT2D eigenvalue weighted by Gasteiger charge is 2.25. The molecule has 20 heavy (non-hydrogen) atoms. The van der Waals surface area contributed by atoms with Gasteiger partial charge in [-0.05, 0) is 24.6 Å². The summed E-state index contributed by atoms with van der Waals surface area (Å²) < 4.78 is 25.6. The van der Waals surface area contributed by atoms with Gasteiger partial charge in [-0.25, -0.2) is 12.7 Å². The lowest BCUT2D eigenvalue weighted by molar-refractivity contribution is -0.121. The number of amides is 1. The zero-order valence-electron chi connectivity index (χ0n) is 11.8. The summed E-state index contributed by atoms with van der Waals surface area (Å²) in [7, 11) is -0.536. The molecule has 0 unspecified atom stereocenters. The van der Waals surface area contributed by atoms with Crippen molar-refractivity contribution in [2.24, 2.45) is 5.92 Å². The number of aryl methyl sites for hydroxylation is 1. The maximum absolute atomic E-state index is 12.2. The Morgan fingerprint density at radius 1 is 1.35 bits per heavy atom. The van der Waals surface area contributed by atoms with Gasteiger partial charge in [-0.1, -0.05) is 6.07 Å². The van der Waals surface area contributed by atoms with E-state index in [-0.39, 0.29) is 16.7 Å². The molecule has 2 rings (SSSR count). The Kier molecular flexibility index (Phi) is 4.12. The minimum atomic E-state index is -3.51. The van der Waals surface area contributed by atoms with Gasteiger partial charge in [0.05, 0.1) is 10.8 Å². The number of carbonyl (C=O) groups is 1. The van der Waals surface area contributed by atoms with E-state index >= 15 is 0 Å². The summed E-state index contributed by atoms with van der Waals surface area (Å²) in [5, 5.41) is 5.78. The lowest BCUT2D eigenvalue weighted by Gasteiger charge is -2.26. The predicted molar refractivity (Wildman–Crippen MR) is 77.0 cm³/mol. The fourth-order valence-corrected chi connectivity index (χ4v) is 3.02. The van der Waals surface area contributed by atoms with Crippen molar-refractivity contribution in [1.82, 2.24) is 9.62 Å². The molecule has 1 aliphatic heterocycles. The minimum absolute atomic E-state index is 0.0368. The van der Waals surface area contributed by atoms with Crippen LogP contribution in [0.4, 0.5) is 5.69 Å². The molecule has 7 heteroatoms. The van der Waals surface area contributed by atoms with Crippen molar-refractivity contribution in [3.8, 4) is 0 Å². The zero-order valence-corrected chi connectivity index (χ0v) is 12.6. The summed E-state index contributed by atoms with van der Waals surface area (Å²) in [4.78, 5) is 12.1. The van der Waals surface area contributed by atoms with Crippen LogP contribution in [0, 0.1) is 12.8 Å². The second-order valence-corrected chi connectivity index (χ2v) is 7.23. The van der Waals surface area contributed by atoms with Crippen LogP contribution in [0.15, 0.2) is 23.1 Å². The second-order valence-electron chi connectivity index (χ2n) is 5.11. The number of hydrogen-bond donors (Lipinski definition) is 2. The summed E-state index contributed by atoms with van der Waals surface area (Å²) in [6, 6.07) is 4.92. The lowest BCUT2D eigenvalue weighted by Crippen LogP contribution is -2.48. The van der Waals surface area contributed by atoms with Crippen LogP contribution in [0.25, 0.3) is 0 Å². The SMILES string of the molecule is Cc1ccc(NC(=O)C2CNC2)cc1S(=O)(=O)N(C)C. The Labute approximate surface area is 119 Å². The van der Waals surface area contributed by atoms with Crippen LogP contribution >= 0.6 is 0 Å². The summed E-state index contributed by atoms with van der Waals surface area (Å²) in [5.41, 5.74) is 1.16. The average molecular weight is 297 g/mol. The zero-order chi connectivity index (χ0) is 14.9. The molecule has 0 aromatic heterocycles. The van der Waals surface area contributed by atoms with Crippen molar-refractivity contribution >= 4 is 21.6 Å². The fourth-order valence-electron chi connectivity index (χ4n) is 1.87. The molecule has 1 heterocycles. The number of anilines is 1. The van der Waals surface area contributed by atoms with E-state index in [1.54, 1.807) is 19.1 Å². The van der Waals surface area contributed by atoms with Gasteiger partial charge < -0.3 is 10.6 Å². The van der Waals surface area contributed by atoms with Gasteiger partial charge in [0, 0.05) is 32.9 Å². The molecule has 6 nitrogen and oxygen atoms in total. The second kappa shape index (κ2) is 5.51. The maximum Gasteiger partial charge on any atom is 0.242 e. The summed E-state index contributed by atoms with van der Waals surface area (Å²) >= 11 is 0. The molecule has 1 amide bonds. The van der Waals surface area contributed by atoms with Gasteiger partial charge in [0.1, 0.15) is 0 Å². The molecule has 1 aromatic rings. The molecular formula is C13H19N3O3S. The molecule has 1 aliphatic rings. The van der Waals surface area contributed by atoms with Crippen molar-refractivity contribution < 1.29 is 13.2 Å². The highest BCUT2D eigenvalue weighted by atomic mass is 32.2. The standard InChI is InChI=1S/C13H19N3O3S/c1-9-4-5-11(15-13(17)10-7-14-8-10)6-12(9)20(18,19)16(2)3/h4-6,10,14H,7-8H2,1-3H3,(H,15,17). The van der Waals surface area contributed by atoms with Crippen molar-refractivity contribution in [2.75, 3.05) is 32.5 Å². The van der Waals surface area contributed by atoms with E-state index in [2.05, 4.69) is 10.6 Å². The van der Waals surface area contributed by atoms with Crippen LogP contribution in [-0.4, -0.2) is 45.8 Å². The van der Waals surface area contributed by atoms with Gasteiger partial charge in [-0.15, -0.1) is 0 Å². The fraction of sp³-hybridized carbons (Fsp3) is 0.462. The Hall–Kier alpha value is -1.44. The third-order valence-corrected chi connectivity index (χ3v) is 5.32. The quantitative estimate of drug-likeness (QED) is 0.843. The van der Waals surface area contributed by atoms with E-state index in [1.807, 2.05) is 0 Å². The largest absolute Gasteiger partial charge is 0.326 e. The first-order valence-electron chi connectivity index (χ1n) is 6.37. The van der Waals surface area contributed by atoms with Crippen LogP contribution in [0.3, 0.4) is 0 Å². The van der Waals surface area contributed by atoms with E-state index in [9.17, 15) is 13.2 Å². The third kappa shape index (κ3) is 2.84. The molecule has 2 N–H and O–H groups in total. The van der Waals surface area contributed by atoms with E-state index in [0.717, 1.165) is 4.31 Å². The molecule has 0 saturated carbocycles. The van der Waals surface area contributed by atoms with Crippen molar-refractivity contribution in [3.63, 3.8) is 0 Å². The number of sulfonamides is 1. The van der Waals surface area contributed by atoms with Gasteiger partial charge in [0.25, 0.3) is 0 Å². The molecular weight excluding hydrogens is 278 g/mol.